The lowest BCUT2D eigenvalue weighted by atomic mass is 10.00. The zero-order valence-corrected chi connectivity index (χ0v) is 7.83. The SMILES string of the molecule is CC(=O)C(C(C)=O)(C(=O)O)[P+](=O)[O-]. The predicted molar refractivity (Wildman–Crippen MR) is 39.3 cm³/mol. The fourth-order valence-corrected chi connectivity index (χ4v) is 1.55. The van der Waals surface area contributed by atoms with Crippen LogP contribution in [0.5, 0.6) is 0 Å². The third-order valence-corrected chi connectivity index (χ3v) is 2.97. The molecule has 0 saturated carbocycles. The van der Waals surface area contributed by atoms with E-state index in [0.29, 0.717) is 0 Å². The van der Waals surface area contributed by atoms with Crippen molar-refractivity contribution >= 4 is 25.6 Å². The maximum absolute atomic E-state index is 10.8. The number of carbonyl (C=O) groups excluding carboxylic acids is 2. The molecule has 0 spiro atoms. The summed E-state index contributed by atoms with van der Waals surface area (Å²) in [4.78, 5) is 42.7. The molecule has 0 aromatic heterocycles. The Balaban J connectivity index is 5.60. The summed E-state index contributed by atoms with van der Waals surface area (Å²) in [5.74, 6) is -4.36. The molecule has 6 nitrogen and oxygen atoms in total. The van der Waals surface area contributed by atoms with Crippen molar-refractivity contribution in [1.82, 2.24) is 0 Å². The average molecular weight is 206 g/mol. The number of ketones is 2. The molecule has 0 amide bonds. The third-order valence-electron chi connectivity index (χ3n) is 1.60. The van der Waals surface area contributed by atoms with Crippen LogP contribution in [0.25, 0.3) is 0 Å². The lowest BCUT2D eigenvalue weighted by Crippen LogP contribution is -2.50. The first kappa shape index (κ1) is 11.9. The van der Waals surface area contributed by atoms with Crippen molar-refractivity contribution in [2.75, 3.05) is 0 Å². The van der Waals surface area contributed by atoms with E-state index in [2.05, 4.69) is 0 Å². The quantitative estimate of drug-likeness (QED) is 0.470. The minimum absolute atomic E-state index is 0.751. The van der Waals surface area contributed by atoms with Crippen molar-refractivity contribution in [2.45, 2.75) is 19.0 Å². The van der Waals surface area contributed by atoms with Crippen molar-refractivity contribution in [2.24, 2.45) is 0 Å². The predicted octanol–water partition coefficient (Wildman–Crippen LogP) is -0.909. The Kier molecular flexibility index (Phi) is 3.40. The van der Waals surface area contributed by atoms with E-state index >= 15 is 0 Å². The zero-order valence-electron chi connectivity index (χ0n) is 6.94. The van der Waals surface area contributed by atoms with Crippen LogP contribution in [0.4, 0.5) is 0 Å². The first-order valence-electron chi connectivity index (χ1n) is 3.17. The number of carboxylic acid groups (broad SMARTS) is 1. The monoisotopic (exact) mass is 206 g/mol. The maximum atomic E-state index is 10.8. The van der Waals surface area contributed by atoms with Gasteiger partial charge in [-0.05, 0) is 0 Å². The number of rotatable bonds is 4. The van der Waals surface area contributed by atoms with Gasteiger partial charge in [0.15, 0.2) is 0 Å². The molecule has 0 aliphatic heterocycles. The Morgan fingerprint density at radius 2 is 1.54 bits per heavy atom. The minimum atomic E-state index is -3.67. The van der Waals surface area contributed by atoms with Gasteiger partial charge >= 0.3 is 19.2 Å². The van der Waals surface area contributed by atoms with Crippen LogP contribution in [0, 0.1) is 0 Å². The second-order valence-electron chi connectivity index (χ2n) is 2.39. The third kappa shape index (κ3) is 1.64. The van der Waals surface area contributed by atoms with E-state index in [1.165, 1.54) is 0 Å². The van der Waals surface area contributed by atoms with Gasteiger partial charge < -0.3 is 10.00 Å². The van der Waals surface area contributed by atoms with Crippen LogP contribution in [0.15, 0.2) is 0 Å². The van der Waals surface area contributed by atoms with Crippen LogP contribution >= 0.6 is 8.03 Å². The number of Topliss-reactive ketones (excluding diaryl/α,β-unsaturated/α-hetero) is 2. The van der Waals surface area contributed by atoms with Crippen molar-refractivity contribution in [3.63, 3.8) is 0 Å². The molecule has 7 heteroatoms. The van der Waals surface area contributed by atoms with Gasteiger partial charge in [0.05, 0.1) is 0 Å². The Morgan fingerprint density at radius 1 is 1.23 bits per heavy atom. The Labute approximate surface area is 74.4 Å². The summed E-state index contributed by atoms with van der Waals surface area (Å²) in [6.07, 6.45) is 0. The Bertz CT molecular complexity index is 232. The molecule has 72 valence electrons. The smallest absolute Gasteiger partial charge is 0.374 e. The molecule has 0 fully saturated rings. The molecule has 0 aliphatic rings. The minimum Gasteiger partial charge on any atom is -0.594 e. The highest BCUT2D eigenvalue weighted by Crippen LogP contribution is 2.34. The first-order valence-corrected chi connectivity index (χ1v) is 4.35. The highest BCUT2D eigenvalue weighted by Gasteiger charge is 2.61. The number of hydrogen-bond donors (Lipinski definition) is 1. The van der Waals surface area contributed by atoms with Crippen LogP contribution < -0.4 is 4.89 Å². The molecule has 0 rings (SSSR count). The standard InChI is InChI=1S/C6H7O6P/c1-3(7)6(4(2)8,5(9)10)13(11)12/h1-2H3,(H,9,10). The summed E-state index contributed by atoms with van der Waals surface area (Å²) in [6.45, 7) is 1.50. The molecule has 0 aromatic carbocycles. The Hall–Kier alpha value is -1.13. The summed E-state index contributed by atoms with van der Waals surface area (Å²) >= 11 is 0. The molecule has 0 saturated heterocycles. The molecule has 1 atom stereocenters. The van der Waals surface area contributed by atoms with Crippen LogP contribution in [-0.2, 0) is 18.9 Å². The van der Waals surface area contributed by atoms with E-state index in [4.69, 9.17) is 5.11 Å². The van der Waals surface area contributed by atoms with E-state index in [-0.39, 0.29) is 0 Å². The molecule has 0 heterocycles. The number of aliphatic carboxylic acids is 1. The molecule has 1 unspecified atom stereocenters. The van der Waals surface area contributed by atoms with E-state index in [1.807, 2.05) is 0 Å². The second-order valence-corrected chi connectivity index (χ2v) is 3.57. The van der Waals surface area contributed by atoms with Crippen molar-refractivity contribution in [1.29, 1.82) is 0 Å². The summed E-state index contributed by atoms with van der Waals surface area (Å²) in [7, 11) is -3.67. The summed E-state index contributed by atoms with van der Waals surface area (Å²) in [6, 6.07) is 0. The molecule has 13 heavy (non-hydrogen) atoms. The molecule has 0 radical (unpaired) electrons. The normalized spacial score (nSPS) is 12.1. The second kappa shape index (κ2) is 3.72. The number of carbonyl (C=O) groups is 3. The van der Waals surface area contributed by atoms with Crippen molar-refractivity contribution in [3.05, 3.63) is 0 Å². The van der Waals surface area contributed by atoms with Gasteiger partial charge in [0, 0.05) is 13.8 Å². The summed E-state index contributed by atoms with van der Waals surface area (Å²) in [5.41, 5.74) is 0. The van der Waals surface area contributed by atoms with Crippen LogP contribution in [-0.4, -0.2) is 27.8 Å². The van der Waals surface area contributed by atoms with Gasteiger partial charge in [-0.25, -0.2) is 4.79 Å². The molecular formula is C6H7O6P. The summed E-state index contributed by atoms with van der Waals surface area (Å²) in [5, 5.41) is 5.60. The van der Waals surface area contributed by atoms with Gasteiger partial charge in [-0.1, -0.05) is 4.57 Å². The molecule has 0 aliphatic carbocycles. The first-order chi connectivity index (χ1) is 5.77. The van der Waals surface area contributed by atoms with Crippen LogP contribution in [0.3, 0.4) is 0 Å². The van der Waals surface area contributed by atoms with Gasteiger partial charge in [-0.15, -0.1) is 0 Å². The lowest BCUT2D eigenvalue weighted by molar-refractivity contribution is -0.174. The Morgan fingerprint density at radius 3 is 1.54 bits per heavy atom. The van der Waals surface area contributed by atoms with E-state index < -0.39 is 30.7 Å². The summed E-state index contributed by atoms with van der Waals surface area (Å²) < 4.78 is 10.6. The van der Waals surface area contributed by atoms with Crippen LogP contribution in [0.1, 0.15) is 13.8 Å². The molecule has 0 aromatic rings. The molecular weight excluding hydrogens is 199 g/mol. The van der Waals surface area contributed by atoms with Crippen LogP contribution in [0.2, 0.25) is 0 Å². The lowest BCUT2D eigenvalue weighted by Gasteiger charge is -2.13. The fourth-order valence-electron chi connectivity index (χ4n) is 0.884. The number of hydrogen-bond acceptors (Lipinski definition) is 5. The van der Waals surface area contributed by atoms with Crippen molar-refractivity contribution in [3.8, 4) is 0 Å². The van der Waals surface area contributed by atoms with Gasteiger partial charge in [0.2, 0.25) is 11.6 Å². The average Bonchev–Trinajstić information content (AvgIpc) is 1.82. The van der Waals surface area contributed by atoms with E-state index in [1.54, 1.807) is 0 Å². The van der Waals surface area contributed by atoms with Gasteiger partial charge in [0.25, 0.3) is 0 Å². The molecule has 0 bridgehead atoms. The van der Waals surface area contributed by atoms with Crippen molar-refractivity contribution < 1.29 is 28.9 Å². The molecule has 1 N–H and O–H groups in total. The number of carboxylic acids is 1. The fraction of sp³-hybridized carbons (Fsp3) is 0.500. The maximum Gasteiger partial charge on any atom is 0.374 e. The van der Waals surface area contributed by atoms with E-state index in [0.717, 1.165) is 13.8 Å². The van der Waals surface area contributed by atoms with E-state index in [9.17, 15) is 23.8 Å². The van der Waals surface area contributed by atoms with Gasteiger partial charge in [-0.2, -0.15) is 0 Å². The van der Waals surface area contributed by atoms with Gasteiger partial charge in [-0.3, -0.25) is 9.59 Å². The highest BCUT2D eigenvalue weighted by molar-refractivity contribution is 7.43. The largest absolute Gasteiger partial charge is 0.594 e. The zero-order chi connectivity index (χ0) is 10.8. The highest BCUT2D eigenvalue weighted by atomic mass is 31.1. The topological polar surface area (TPSA) is 112 Å². The van der Waals surface area contributed by atoms with Gasteiger partial charge in [0.1, 0.15) is 0 Å².